The van der Waals surface area contributed by atoms with E-state index in [1.165, 1.54) is 60.9 Å². The Morgan fingerprint density at radius 1 is 0.931 bits per heavy atom. The number of nitrogens with zero attached hydrogens (tertiary/aromatic N) is 2. The Labute approximate surface area is 180 Å². The molecule has 4 nitrogen and oxygen atoms in total. The van der Waals surface area contributed by atoms with Crippen LogP contribution < -0.4 is 9.03 Å². The predicted octanol–water partition coefficient (Wildman–Crippen LogP) is 6.03. The number of aromatic nitrogens is 2. The van der Waals surface area contributed by atoms with Crippen LogP contribution in [-0.2, 0) is 4.79 Å². The van der Waals surface area contributed by atoms with E-state index >= 15 is 0 Å². The van der Waals surface area contributed by atoms with E-state index in [1.807, 2.05) is 18.5 Å². The first-order valence-corrected chi connectivity index (χ1v) is 19.2. The number of hydrogen-bond donors (Lipinski definition) is 1. The van der Waals surface area contributed by atoms with Gasteiger partial charge in [0.05, 0.1) is 0 Å². The number of anilines is 1. The minimum atomic E-state index is -2.52. The van der Waals surface area contributed by atoms with Crippen LogP contribution in [0.25, 0.3) is 10.8 Å². The van der Waals surface area contributed by atoms with Crippen molar-refractivity contribution in [2.24, 2.45) is 5.92 Å². The maximum absolute atomic E-state index is 12.0. The van der Waals surface area contributed by atoms with Gasteiger partial charge in [0.2, 0.25) is 0 Å². The van der Waals surface area contributed by atoms with Gasteiger partial charge < -0.3 is 0 Å². The molecule has 5 heteroatoms. The summed E-state index contributed by atoms with van der Waals surface area (Å²) in [7, 11) is 0. The average molecular weight is 502 g/mol. The van der Waals surface area contributed by atoms with Gasteiger partial charge >= 0.3 is 181 Å². The Hall–Kier alpha value is -1.17. The predicted molar refractivity (Wildman–Crippen MR) is 125 cm³/mol. The molecule has 1 N–H and O–H groups in total. The van der Waals surface area contributed by atoms with E-state index < -0.39 is 18.4 Å². The third kappa shape index (κ3) is 5.93. The summed E-state index contributed by atoms with van der Waals surface area (Å²) in [6, 6.07) is 4.33. The molecule has 1 aliphatic rings. The van der Waals surface area contributed by atoms with E-state index in [0.29, 0.717) is 5.82 Å². The van der Waals surface area contributed by atoms with Crippen molar-refractivity contribution in [3.63, 3.8) is 0 Å². The van der Waals surface area contributed by atoms with Gasteiger partial charge in [0.25, 0.3) is 0 Å². The molecule has 1 amide bonds. The van der Waals surface area contributed by atoms with Crippen molar-refractivity contribution >= 4 is 44.6 Å². The second-order valence-electron chi connectivity index (χ2n) is 8.84. The number of unbranched alkanes of at least 4 members (excludes halogenated alkanes) is 3. The van der Waals surface area contributed by atoms with E-state index in [9.17, 15) is 4.79 Å². The standard InChI is InChI=1S/C12H10N3O.3C4H9.Sn/c16-12(8-1-2-8)15-11-5-10-6-13-4-3-9(10)7-14-11;3*1-3-4-2;/h3,5-8H,1-2H2,(H,14,15,16);3*1,3-4H2,2H3;. The van der Waals surface area contributed by atoms with Crippen molar-refractivity contribution in [2.45, 2.75) is 85.4 Å². The van der Waals surface area contributed by atoms with Gasteiger partial charge in [0, 0.05) is 0 Å². The van der Waals surface area contributed by atoms with Crippen LogP contribution in [0, 0.1) is 5.92 Å². The number of pyridine rings is 2. The van der Waals surface area contributed by atoms with Gasteiger partial charge in [-0.25, -0.2) is 0 Å². The zero-order valence-electron chi connectivity index (χ0n) is 18.5. The van der Waals surface area contributed by atoms with Crippen LogP contribution in [0.15, 0.2) is 24.5 Å². The number of rotatable bonds is 12. The number of carbonyl (C=O) groups is 1. The molecule has 158 valence electrons. The van der Waals surface area contributed by atoms with Gasteiger partial charge in [0.1, 0.15) is 0 Å². The van der Waals surface area contributed by atoms with E-state index in [0.717, 1.165) is 18.2 Å². The topological polar surface area (TPSA) is 54.9 Å². The van der Waals surface area contributed by atoms with Crippen LogP contribution in [0.4, 0.5) is 5.82 Å². The molecule has 0 unspecified atom stereocenters. The molecule has 0 bridgehead atoms. The number of amides is 1. The fourth-order valence-corrected chi connectivity index (χ4v) is 19.7. The van der Waals surface area contributed by atoms with Gasteiger partial charge in [-0.05, 0) is 0 Å². The molecular weight excluding hydrogens is 465 g/mol. The van der Waals surface area contributed by atoms with Crippen molar-refractivity contribution in [3.05, 3.63) is 24.5 Å². The summed E-state index contributed by atoms with van der Waals surface area (Å²) in [5, 5.41) is 5.21. The third-order valence-electron chi connectivity index (χ3n) is 6.37. The third-order valence-corrected chi connectivity index (χ3v) is 21.5. The first-order chi connectivity index (χ1) is 14.1. The van der Waals surface area contributed by atoms with Crippen molar-refractivity contribution in [3.8, 4) is 0 Å². The molecule has 0 atom stereocenters. The Kier molecular flexibility index (Phi) is 8.33. The van der Waals surface area contributed by atoms with Crippen LogP contribution >= 0.6 is 0 Å². The van der Waals surface area contributed by atoms with Crippen LogP contribution in [-0.4, -0.2) is 34.3 Å². The summed E-state index contributed by atoms with van der Waals surface area (Å²) in [5.41, 5.74) is 0. The zero-order valence-corrected chi connectivity index (χ0v) is 21.3. The molecule has 1 aliphatic carbocycles. The summed E-state index contributed by atoms with van der Waals surface area (Å²) >= 11 is -2.52. The summed E-state index contributed by atoms with van der Waals surface area (Å²) in [5.74, 6) is 0.954. The number of hydrogen-bond acceptors (Lipinski definition) is 3. The molecule has 2 aromatic heterocycles. The molecule has 2 aromatic rings. The fraction of sp³-hybridized carbons (Fsp3) is 0.625. The molecule has 2 heterocycles. The summed E-state index contributed by atoms with van der Waals surface area (Å²) in [4.78, 5) is 21.6. The molecule has 0 saturated heterocycles. The molecule has 29 heavy (non-hydrogen) atoms. The van der Waals surface area contributed by atoms with E-state index in [1.54, 1.807) is 0 Å². The van der Waals surface area contributed by atoms with Crippen LogP contribution in [0.2, 0.25) is 13.3 Å². The number of nitrogens with one attached hydrogen (secondary N) is 1. The Bertz CT molecular complexity index is 797. The van der Waals surface area contributed by atoms with E-state index in [-0.39, 0.29) is 11.8 Å². The molecule has 1 fully saturated rings. The quantitative estimate of drug-likeness (QED) is 0.361. The maximum atomic E-state index is 12.0. The van der Waals surface area contributed by atoms with Gasteiger partial charge in [-0.2, -0.15) is 0 Å². The van der Waals surface area contributed by atoms with Crippen LogP contribution in [0.1, 0.15) is 72.1 Å². The molecule has 1 saturated carbocycles. The summed E-state index contributed by atoms with van der Waals surface area (Å²) < 4.78 is 5.71. The Morgan fingerprint density at radius 3 is 2.03 bits per heavy atom. The zero-order chi connectivity index (χ0) is 20.7. The second-order valence-corrected chi connectivity index (χ2v) is 21.9. The normalized spacial score (nSPS) is 14.3. The van der Waals surface area contributed by atoms with Crippen molar-refractivity contribution < 1.29 is 4.79 Å². The van der Waals surface area contributed by atoms with Crippen LogP contribution in [0.3, 0.4) is 0 Å². The number of carbonyl (C=O) groups excluding carboxylic acids is 1. The van der Waals surface area contributed by atoms with E-state index in [2.05, 4.69) is 37.1 Å². The minimum absolute atomic E-state index is 0.107. The van der Waals surface area contributed by atoms with Crippen molar-refractivity contribution in [1.29, 1.82) is 0 Å². The SMILES string of the molecule is CCC[CH2][Sn]([CH2]CCC)([CH2]CCC)[c]1cc2cnc(NC(=O)C3CC3)cc2cn1. The average Bonchev–Trinajstić information content (AvgIpc) is 3.59. The molecule has 0 aromatic carbocycles. The van der Waals surface area contributed by atoms with Gasteiger partial charge in [-0.1, -0.05) is 0 Å². The first kappa shape index (κ1) is 22.5. The van der Waals surface area contributed by atoms with E-state index in [4.69, 9.17) is 4.98 Å². The molecule has 0 spiro atoms. The molecule has 0 radical (unpaired) electrons. The van der Waals surface area contributed by atoms with Crippen molar-refractivity contribution in [1.82, 2.24) is 9.97 Å². The first-order valence-electron chi connectivity index (χ1n) is 11.7. The van der Waals surface area contributed by atoms with Gasteiger partial charge in [0.15, 0.2) is 0 Å². The Balaban J connectivity index is 1.89. The Morgan fingerprint density at radius 2 is 1.48 bits per heavy atom. The second kappa shape index (κ2) is 10.7. The molecule has 0 aliphatic heterocycles. The van der Waals surface area contributed by atoms with Gasteiger partial charge in [-0.15, -0.1) is 0 Å². The molecule has 3 rings (SSSR count). The number of fused-ring (bicyclic) bond motifs is 1. The summed E-state index contributed by atoms with van der Waals surface area (Å²) in [6.45, 7) is 6.93. The fourth-order valence-electron chi connectivity index (χ4n) is 4.27. The monoisotopic (exact) mass is 503 g/mol. The van der Waals surface area contributed by atoms with Gasteiger partial charge in [-0.3, -0.25) is 0 Å². The summed E-state index contributed by atoms with van der Waals surface area (Å²) in [6.07, 6.45) is 13.8. The molecular formula is C24H37N3OSn. The van der Waals surface area contributed by atoms with Crippen molar-refractivity contribution in [2.75, 3.05) is 5.32 Å². The van der Waals surface area contributed by atoms with Crippen LogP contribution in [0.5, 0.6) is 0 Å².